The minimum Gasteiger partial charge on any atom is -0.351 e. The Morgan fingerprint density at radius 1 is 0.750 bits per heavy atom. The fraction of sp³-hybridized carbons (Fsp3) is 0. The summed E-state index contributed by atoms with van der Waals surface area (Å²) in [7, 11) is 0. The van der Waals surface area contributed by atoms with Crippen molar-refractivity contribution < 1.29 is 18.8 Å². The maximum atomic E-state index is 13.1. The lowest BCUT2D eigenvalue weighted by Crippen LogP contribution is -2.20. The number of hydrogen-bond donors (Lipinski definition) is 3. The third kappa shape index (κ3) is 4.39. The van der Waals surface area contributed by atoms with E-state index in [9.17, 15) is 18.8 Å². The van der Waals surface area contributed by atoms with Crippen molar-refractivity contribution in [3.8, 4) is 0 Å². The van der Waals surface area contributed by atoms with Gasteiger partial charge in [-0.2, -0.15) is 0 Å². The van der Waals surface area contributed by atoms with Crippen LogP contribution in [0.25, 0.3) is 0 Å². The van der Waals surface area contributed by atoms with E-state index in [-0.39, 0.29) is 16.7 Å². The number of anilines is 2. The smallest absolute Gasteiger partial charge is 0.316 e. The molecule has 0 radical (unpaired) electrons. The molecular formula is C21H16FN3O3. The highest BCUT2D eigenvalue weighted by atomic mass is 19.1. The van der Waals surface area contributed by atoms with E-state index in [1.165, 1.54) is 42.5 Å². The number of carbonyl (C=O) groups excluding carboxylic acids is 3. The third-order valence-electron chi connectivity index (χ3n) is 3.91. The Morgan fingerprint density at radius 2 is 1.36 bits per heavy atom. The number of hydrogen-bond acceptors (Lipinski definition) is 3. The second-order valence-corrected chi connectivity index (χ2v) is 5.91. The molecule has 0 aliphatic carbocycles. The second kappa shape index (κ2) is 8.13. The van der Waals surface area contributed by atoms with Crippen molar-refractivity contribution in [2.45, 2.75) is 0 Å². The SMILES string of the molecule is NC(=O)Nc1cccc(NC(=O)c2ccccc2C(=O)c2ccc(F)cc2)c1. The molecule has 0 aromatic heterocycles. The van der Waals surface area contributed by atoms with Gasteiger partial charge in [0.2, 0.25) is 0 Å². The molecule has 140 valence electrons. The maximum Gasteiger partial charge on any atom is 0.316 e. The van der Waals surface area contributed by atoms with Crippen LogP contribution in [0.1, 0.15) is 26.3 Å². The highest BCUT2D eigenvalue weighted by Gasteiger charge is 2.18. The molecule has 0 unspecified atom stereocenters. The van der Waals surface area contributed by atoms with Gasteiger partial charge in [-0.05, 0) is 48.5 Å². The zero-order valence-corrected chi connectivity index (χ0v) is 14.6. The van der Waals surface area contributed by atoms with E-state index < -0.39 is 23.5 Å². The minimum atomic E-state index is -0.723. The molecular weight excluding hydrogens is 361 g/mol. The van der Waals surface area contributed by atoms with Gasteiger partial charge >= 0.3 is 6.03 Å². The molecule has 3 rings (SSSR count). The number of urea groups is 1. The molecule has 3 amide bonds. The van der Waals surface area contributed by atoms with Gasteiger partial charge in [-0.25, -0.2) is 9.18 Å². The highest BCUT2D eigenvalue weighted by Crippen LogP contribution is 2.19. The molecule has 6 nitrogen and oxygen atoms in total. The van der Waals surface area contributed by atoms with Crippen molar-refractivity contribution >= 4 is 29.1 Å². The van der Waals surface area contributed by atoms with E-state index in [2.05, 4.69) is 10.6 Å². The Kier molecular flexibility index (Phi) is 5.45. The van der Waals surface area contributed by atoms with Crippen LogP contribution in [-0.2, 0) is 0 Å². The summed E-state index contributed by atoms with van der Waals surface area (Å²) >= 11 is 0. The summed E-state index contributed by atoms with van der Waals surface area (Å²) in [5.74, 6) is -1.34. The van der Waals surface area contributed by atoms with Gasteiger partial charge in [-0.3, -0.25) is 9.59 Å². The number of ketones is 1. The number of nitrogens with two attached hydrogens (primary N) is 1. The van der Waals surface area contributed by atoms with E-state index in [1.54, 1.807) is 30.3 Å². The number of halogens is 1. The summed E-state index contributed by atoms with van der Waals surface area (Å²) in [5, 5.41) is 5.10. The van der Waals surface area contributed by atoms with Gasteiger partial charge in [-0.15, -0.1) is 0 Å². The molecule has 3 aromatic rings. The fourth-order valence-corrected chi connectivity index (χ4v) is 2.65. The van der Waals surface area contributed by atoms with E-state index in [4.69, 9.17) is 5.73 Å². The quantitative estimate of drug-likeness (QED) is 0.590. The molecule has 0 saturated heterocycles. The first-order valence-corrected chi connectivity index (χ1v) is 8.31. The van der Waals surface area contributed by atoms with Crippen LogP contribution in [0.15, 0.2) is 72.8 Å². The van der Waals surface area contributed by atoms with Crippen LogP contribution in [0.4, 0.5) is 20.6 Å². The molecule has 0 aliphatic rings. The van der Waals surface area contributed by atoms with Crippen LogP contribution in [0.3, 0.4) is 0 Å². The molecule has 0 heterocycles. The van der Waals surface area contributed by atoms with Gasteiger partial charge in [-0.1, -0.05) is 24.3 Å². The summed E-state index contributed by atoms with van der Waals surface area (Å²) < 4.78 is 13.1. The number of nitrogens with one attached hydrogen (secondary N) is 2. The third-order valence-corrected chi connectivity index (χ3v) is 3.91. The minimum absolute atomic E-state index is 0.171. The van der Waals surface area contributed by atoms with Gasteiger partial charge in [0.1, 0.15) is 5.82 Å². The van der Waals surface area contributed by atoms with E-state index >= 15 is 0 Å². The molecule has 0 atom stereocenters. The van der Waals surface area contributed by atoms with Gasteiger partial charge in [0.05, 0.1) is 5.56 Å². The summed E-state index contributed by atoms with van der Waals surface area (Å²) in [6.45, 7) is 0. The first kappa shape index (κ1) is 18.8. The van der Waals surface area contributed by atoms with Crippen LogP contribution in [-0.4, -0.2) is 17.7 Å². The van der Waals surface area contributed by atoms with Gasteiger partial charge in [0, 0.05) is 22.5 Å². The van der Waals surface area contributed by atoms with E-state index in [0.717, 1.165) is 0 Å². The lowest BCUT2D eigenvalue weighted by Gasteiger charge is -2.11. The molecule has 7 heteroatoms. The molecule has 0 fully saturated rings. The zero-order chi connectivity index (χ0) is 20.1. The number of amides is 3. The summed E-state index contributed by atoms with van der Waals surface area (Å²) in [4.78, 5) is 36.4. The predicted octanol–water partition coefficient (Wildman–Crippen LogP) is 3.80. The van der Waals surface area contributed by atoms with Crippen molar-refractivity contribution in [3.05, 3.63) is 95.3 Å². The van der Waals surface area contributed by atoms with Crippen molar-refractivity contribution in [2.24, 2.45) is 5.73 Å². The molecule has 28 heavy (non-hydrogen) atoms. The van der Waals surface area contributed by atoms with Crippen LogP contribution < -0.4 is 16.4 Å². The van der Waals surface area contributed by atoms with Crippen molar-refractivity contribution in [3.63, 3.8) is 0 Å². The molecule has 4 N–H and O–H groups in total. The Morgan fingerprint density at radius 3 is 2.00 bits per heavy atom. The van der Waals surface area contributed by atoms with Crippen LogP contribution in [0.5, 0.6) is 0 Å². The predicted molar refractivity (Wildman–Crippen MR) is 104 cm³/mol. The Labute approximate surface area is 160 Å². The molecule has 3 aromatic carbocycles. The van der Waals surface area contributed by atoms with Gasteiger partial charge in [0.25, 0.3) is 5.91 Å². The van der Waals surface area contributed by atoms with Crippen LogP contribution in [0.2, 0.25) is 0 Å². The molecule has 0 bridgehead atoms. The van der Waals surface area contributed by atoms with Crippen LogP contribution in [0, 0.1) is 5.82 Å². The molecule has 0 aliphatic heterocycles. The molecule has 0 saturated carbocycles. The second-order valence-electron chi connectivity index (χ2n) is 5.91. The maximum absolute atomic E-state index is 13.1. The largest absolute Gasteiger partial charge is 0.351 e. The number of carbonyl (C=O) groups is 3. The van der Waals surface area contributed by atoms with Gasteiger partial charge in [0.15, 0.2) is 5.78 Å². The van der Waals surface area contributed by atoms with Crippen molar-refractivity contribution in [1.29, 1.82) is 0 Å². The number of benzene rings is 3. The highest BCUT2D eigenvalue weighted by molar-refractivity contribution is 6.17. The Balaban J connectivity index is 1.86. The van der Waals surface area contributed by atoms with E-state index in [1.807, 2.05) is 0 Å². The van der Waals surface area contributed by atoms with Crippen molar-refractivity contribution in [1.82, 2.24) is 0 Å². The summed E-state index contributed by atoms with van der Waals surface area (Å²) in [6, 6.07) is 17.1. The molecule has 0 spiro atoms. The fourth-order valence-electron chi connectivity index (χ4n) is 2.65. The average Bonchev–Trinajstić information content (AvgIpc) is 2.68. The number of rotatable bonds is 5. The normalized spacial score (nSPS) is 10.2. The Bertz CT molecular complexity index is 1050. The lowest BCUT2D eigenvalue weighted by atomic mass is 9.98. The lowest BCUT2D eigenvalue weighted by molar-refractivity contribution is 0.0996. The number of primary amides is 1. The van der Waals surface area contributed by atoms with Crippen molar-refractivity contribution in [2.75, 3.05) is 10.6 Å². The summed E-state index contributed by atoms with van der Waals surface area (Å²) in [6.07, 6.45) is 0. The van der Waals surface area contributed by atoms with E-state index in [0.29, 0.717) is 11.4 Å². The van der Waals surface area contributed by atoms with Gasteiger partial charge < -0.3 is 16.4 Å². The standard InChI is InChI=1S/C21H16FN3O3/c22-14-10-8-13(9-11-14)19(26)17-6-1-2-7-18(17)20(27)24-15-4-3-5-16(12-15)25-21(23)28/h1-12H,(H,24,27)(H3,23,25,28). The average molecular weight is 377 g/mol. The topological polar surface area (TPSA) is 101 Å². The zero-order valence-electron chi connectivity index (χ0n) is 14.6. The first-order valence-electron chi connectivity index (χ1n) is 8.31. The monoisotopic (exact) mass is 377 g/mol. The Hall–Kier alpha value is -4.00. The van der Waals surface area contributed by atoms with Crippen LogP contribution >= 0.6 is 0 Å². The first-order chi connectivity index (χ1) is 13.4. The summed E-state index contributed by atoms with van der Waals surface area (Å²) in [5.41, 5.74) is 6.56.